The smallest absolute Gasteiger partial charge is 0.266 e. The number of amides is 2. The number of nitrogens with two attached hydrogens (primary N) is 1. The summed E-state index contributed by atoms with van der Waals surface area (Å²) in [6.07, 6.45) is 11.1. The van der Waals surface area contributed by atoms with Crippen molar-refractivity contribution in [1.82, 2.24) is 4.90 Å². The van der Waals surface area contributed by atoms with Crippen LogP contribution in [-0.4, -0.2) is 48.2 Å². The Morgan fingerprint density at radius 2 is 1.62 bits per heavy atom. The highest BCUT2D eigenvalue weighted by Crippen LogP contribution is 2.35. The molecule has 1 aromatic carbocycles. The molecule has 2 amide bonds. The minimum absolute atomic E-state index is 0.0369. The maximum Gasteiger partial charge on any atom is 0.266 e. The summed E-state index contributed by atoms with van der Waals surface area (Å²) in [5, 5.41) is 0. The highest BCUT2D eigenvalue weighted by atomic mass is 16.2. The second-order valence-corrected chi connectivity index (χ2v) is 10.4. The SMILES string of the molecule is NC1N=C(CC2CCCCC2)c2ccccc2N(CC(=O)N2CC3CCC(CC3)C2)C1=O. The molecule has 3 heterocycles. The summed E-state index contributed by atoms with van der Waals surface area (Å²) in [5.74, 6) is 1.57. The maximum atomic E-state index is 13.4. The Morgan fingerprint density at radius 3 is 2.31 bits per heavy atom. The van der Waals surface area contributed by atoms with Gasteiger partial charge in [0.05, 0.1) is 5.69 Å². The Morgan fingerprint density at radius 1 is 0.969 bits per heavy atom. The summed E-state index contributed by atoms with van der Waals surface area (Å²) in [5.41, 5.74) is 8.94. The molecule has 6 heteroatoms. The minimum atomic E-state index is -0.950. The Labute approximate surface area is 191 Å². The number of para-hydroxylation sites is 1. The Balaban J connectivity index is 1.39. The lowest BCUT2D eigenvalue weighted by Crippen LogP contribution is -2.48. The molecule has 1 atom stereocenters. The number of hydrogen-bond donors (Lipinski definition) is 1. The van der Waals surface area contributed by atoms with Gasteiger partial charge >= 0.3 is 0 Å². The van der Waals surface area contributed by atoms with Crippen molar-refractivity contribution in [1.29, 1.82) is 0 Å². The number of hydrogen-bond acceptors (Lipinski definition) is 4. The number of carbonyl (C=O) groups is 2. The van der Waals surface area contributed by atoms with Gasteiger partial charge in [-0.3, -0.25) is 19.5 Å². The summed E-state index contributed by atoms with van der Waals surface area (Å²) < 4.78 is 0. The number of anilines is 1. The zero-order valence-corrected chi connectivity index (χ0v) is 19.0. The fourth-order valence-corrected chi connectivity index (χ4v) is 6.25. The molecule has 2 saturated heterocycles. The molecular weight excluding hydrogens is 400 g/mol. The Hall–Kier alpha value is -2.21. The van der Waals surface area contributed by atoms with Gasteiger partial charge in [-0.05, 0) is 55.9 Å². The second-order valence-electron chi connectivity index (χ2n) is 10.4. The number of carbonyl (C=O) groups excluding carboxylic acids is 2. The van der Waals surface area contributed by atoms with Crippen molar-refractivity contribution in [3.8, 4) is 0 Å². The molecule has 0 radical (unpaired) electrons. The van der Waals surface area contributed by atoms with E-state index in [4.69, 9.17) is 5.73 Å². The second kappa shape index (κ2) is 9.34. The molecule has 5 aliphatic rings. The molecule has 2 aliphatic carbocycles. The fraction of sp³-hybridized carbons (Fsp3) is 0.654. The molecular formula is C26H36N4O2. The van der Waals surface area contributed by atoms with E-state index < -0.39 is 6.17 Å². The van der Waals surface area contributed by atoms with Gasteiger partial charge in [0.2, 0.25) is 5.91 Å². The van der Waals surface area contributed by atoms with Crippen LogP contribution in [0.4, 0.5) is 5.69 Å². The van der Waals surface area contributed by atoms with Crippen LogP contribution in [0.25, 0.3) is 0 Å². The van der Waals surface area contributed by atoms with E-state index in [0.29, 0.717) is 17.8 Å². The zero-order chi connectivity index (χ0) is 22.1. The molecule has 2 saturated carbocycles. The Kier molecular flexibility index (Phi) is 6.31. The van der Waals surface area contributed by atoms with Crippen molar-refractivity contribution in [2.75, 3.05) is 24.5 Å². The van der Waals surface area contributed by atoms with Crippen molar-refractivity contribution in [3.05, 3.63) is 29.8 Å². The van der Waals surface area contributed by atoms with Gasteiger partial charge in [-0.2, -0.15) is 0 Å². The molecule has 32 heavy (non-hydrogen) atoms. The minimum Gasteiger partial charge on any atom is -0.341 e. The van der Waals surface area contributed by atoms with E-state index in [1.807, 2.05) is 29.2 Å². The quantitative estimate of drug-likeness (QED) is 0.781. The Bertz CT molecular complexity index is 870. The molecule has 6 nitrogen and oxygen atoms in total. The van der Waals surface area contributed by atoms with E-state index in [1.54, 1.807) is 4.90 Å². The first kappa shape index (κ1) is 21.6. The topological polar surface area (TPSA) is 79.0 Å². The van der Waals surface area contributed by atoms with Crippen molar-refractivity contribution in [2.45, 2.75) is 70.4 Å². The standard InChI is InChI=1S/C26H36N4O2/c27-25-26(32)30(17-24(31)29-15-19-10-11-20(16-29)13-12-19)23-9-5-4-8-21(23)22(28-25)14-18-6-2-1-3-7-18/h4-5,8-9,18-20,25H,1-3,6-7,10-17,27H2. The highest BCUT2D eigenvalue weighted by molar-refractivity contribution is 6.13. The average Bonchev–Trinajstić information content (AvgIpc) is 3.19. The van der Waals surface area contributed by atoms with Crippen LogP contribution in [0.2, 0.25) is 0 Å². The highest BCUT2D eigenvalue weighted by Gasteiger charge is 2.35. The molecule has 2 N–H and O–H groups in total. The summed E-state index contributed by atoms with van der Waals surface area (Å²) in [6, 6.07) is 7.90. The predicted octanol–water partition coefficient (Wildman–Crippen LogP) is 3.73. The van der Waals surface area contributed by atoms with E-state index in [2.05, 4.69) is 4.99 Å². The number of fused-ring (bicyclic) bond motifs is 5. The van der Waals surface area contributed by atoms with Crippen LogP contribution in [-0.2, 0) is 9.59 Å². The van der Waals surface area contributed by atoms with Crippen molar-refractivity contribution >= 4 is 23.2 Å². The van der Waals surface area contributed by atoms with Gasteiger partial charge < -0.3 is 10.6 Å². The van der Waals surface area contributed by atoms with Crippen molar-refractivity contribution in [3.63, 3.8) is 0 Å². The molecule has 172 valence electrons. The number of rotatable bonds is 4. The van der Waals surface area contributed by atoms with E-state index in [0.717, 1.165) is 36.5 Å². The largest absolute Gasteiger partial charge is 0.341 e. The van der Waals surface area contributed by atoms with Crippen molar-refractivity contribution < 1.29 is 9.59 Å². The van der Waals surface area contributed by atoms with E-state index in [-0.39, 0.29) is 18.4 Å². The van der Waals surface area contributed by atoms with Gasteiger partial charge in [0.25, 0.3) is 5.91 Å². The third-order valence-electron chi connectivity index (χ3n) is 8.10. The van der Waals surface area contributed by atoms with Gasteiger partial charge in [0, 0.05) is 24.4 Å². The van der Waals surface area contributed by atoms with E-state index >= 15 is 0 Å². The summed E-state index contributed by atoms with van der Waals surface area (Å²) in [7, 11) is 0. The van der Waals surface area contributed by atoms with E-state index in [9.17, 15) is 9.59 Å². The molecule has 3 aliphatic heterocycles. The number of nitrogens with zero attached hydrogens (tertiary/aromatic N) is 3. The third-order valence-corrected chi connectivity index (χ3v) is 8.10. The van der Waals surface area contributed by atoms with Crippen LogP contribution < -0.4 is 10.6 Å². The number of aliphatic imine (C=N–C) groups is 1. The van der Waals surface area contributed by atoms with Crippen LogP contribution >= 0.6 is 0 Å². The van der Waals surface area contributed by atoms with Gasteiger partial charge in [0.15, 0.2) is 6.17 Å². The molecule has 0 spiro atoms. The number of benzodiazepines with no additional fused rings is 1. The lowest BCUT2D eigenvalue weighted by molar-refractivity contribution is -0.132. The summed E-state index contributed by atoms with van der Waals surface area (Å²) >= 11 is 0. The third kappa shape index (κ3) is 4.47. The van der Waals surface area contributed by atoms with Crippen LogP contribution in [0.3, 0.4) is 0 Å². The maximum absolute atomic E-state index is 13.4. The lowest BCUT2D eigenvalue weighted by Gasteiger charge is -2.29. The van der Waals surface area contributed by atoms with Crippen LogP contribution in [0.1, 0.15) is 69.8 Å². The van der Waals surface area contributed by atoms with Crippen LogP contribution in [0, 0.1) is 17.8 Å². The first-order valence-corrected chi connectivity index (χ1v) is 12.6. The number of benzene rings is 1. The molecule has 6 rings (SSSR count). The van der Waals surface area contributed by atoms with Crippen molar-refractivity contribution in [2.24, 2.45) is 28.5 Å². The average molecular weight is 437 g/mol. The van der Waals surface area contributed by atoms with Crippen LogP contribution in [0.15, 0.2) is 29.3 Å². The zero-order valence-electron chi connectivity index (χ0n) is 19.0. The van der Waals surface area contributed by atoms with Gasteiger partial charge in [-0.25, -0.2) is 0 Å². The summed E-state index contributed by atoms with van der Waals surface area (Å²) in [6.45, 7) is 1.71. The van der Waals surface area contributed by atoms with E-state index in [1.165, 1.54) is 57.8 Å². The first-order valence-electron chi connectivity index (χ1n) is 12.6. The fourth-order valence-electron chi connectivity index (χ4n) is 6.25. The molecule has 2 bridgehead atoms. The lowest BCUT2D eigenvalue weighted by atomic mass is 9.84. The van der Waals surface area contributed by atoms with Gasteiger partial charge in [-0.15, -0.1) is 0 Å². The van der Waals surface area contributed by atoms with Crippen LogP contribution in [0.5, 0.6) is 0 Å². The predicted molar refractivity (Wildman–Crippen MR) is 127 cm³/mol. The normalized spacial score (nSPS) is 28.7. The summed E-state index contributed by atoms with van der Waals surface area (Å²) in [4.78, 5) is 35.0. The van der Waals surface area contributed by atoms with Gasteiger partial charge in [0.1, 0.15) is 6.54 Å². The molecule has 4 fully saturated rings. The molecule has 0 aromatic heterocycles. The first-order chi connectivity index (χ1) is 15.6. The molecule has 1 unspecified atom stereocenters. The monoisotopic (exact) mass is 436 g/mol. The van der Waals surface area contributed by atoms with Gasteiger partial charge in [-0.1, -0.05) is 50.3 Å². The molecule has 1 aromatic rings.